The molecular formula is C16H22Cl2F4N2O. The van der Waals surface area contributed by atoms with E-state index in [0.29, 0.717) is 5.92 Å². The van der Waals surface area contributed by atoms with Gasteiger partial charge in [-0.05, 0) is 30.0 Å². The van der Waals surface area contributed by atoms with Gasteiger partial charge in [0, 0.05) is 32.2 Å². The van der Waals surface area contributed by atoms with Crippen molar-refractivity contribution < 1.29 is 22.3 Å². The Morgan fingerprint density at radius 1 is 1.16 bits per heavy atom. The molecule has 1 aromatic rings. The molecule has 2 fully saturated rings. The summed E-state index contributed by atoms with van der Waals surface area (Å²) in [4.78, 5) is 2.29. The molecule has 1 aromatic carbocycles. The lowest BCUT2D eigenvalue weighted by Gasteiger charge is -2.35. The van der Waals surface area contributed by atoms with Crippen molar-refractivity contribution in [1.29, 1.82) is 0 Å². The molecule has 144 valence electrons. The Labute approximate surface area is 156 Å². The van der Waals surface area contributed by atoms with E-state index >= 15 is 0 Å². The molecule has 1 aliphatic carbocycles. The molecule has 25 heavy (non-hydrogen) atoms. The van der Waals surface area contributed by atoms with Gasteiger partial charge in [0.15, 0.2) is 11.6 Å². The Morgan fingerprint density at radius 2 is 1.80 bits per heavy atom. The summed E-state index contributed by atoms with van der Waals surface area (Å²) in [5.74, 6) is -1.09. The number of piperazine rings is 1. The van der Waals surface area contributed by atoms with Crippen molar-refractivity contribution in [1.82, 2.24) is 10.2 Å². The van der Waals surface area contributed by atoms with Gasteiger partial charge in [0.1, 0.15) is 0 Å². The van der Waals surface area contributed by atoms with E-state index in [-0.39, 0.29) is 30.9 Å². The highest BCUT2D eigenvalue weighted by Crippen LogP contribution is 2.41. The summed E-state index contributed by atoms with van der Waals surface area (Å²) >= 11 is 0. The third-order valence-corrected chi connectivity index (χ3v) is 4.41. The van der Waals surface area contributed by atoms with Crippen LogP contribution < -0.4 is 10.1 Å². The summed E-state index contributed by atoms with van der Waals surface area (Å²) in [7, 11) is 0. The van der Waals surface area contributed by atoms with E-state index in [1.165, 1.54) is 18.9 Å². The van der Waals surface area contributed by atoms with E-state index in [0.717, 1.165) is 44.2 Å². The Bertz CT molecular complexity index is 549. The molecule has 1 atom stereocenters. The normalized spacial score (nSPS) is 19.5. The molecule has 1 saturated heterocycles. The third-order valence-electron chi connectivity index (χ3n) is 4.41. The molecule has 9 heteroatoms. The van der Waals surface area contributed by atoms with Crippen molar-refractivity contribution in [2.24, 2.45) is 5.92 Å². The molecule has 3 rings (SSSR count). The topological polar surface area (TPSA) is 24.5 Å². The van der Waals surface area contributed by atoms with Gasteiger partial charge >= 0.3 is 6.36 Å². The number of halogens is 6. The Kier molecular flexibility index (Phi) is 8.25. The van der Waals surface area contributed by atoms with Crippen LogP contribution in [-0.2, 0) is 0 Å². The highest BCUT2D eigenvalue weighted by Gasteiger charge is 2.34. The number of nitrogens with zero attached hydrogens (tertiary/aromatic N) is 1. The first-order chi connectivity index (χ1) is 10.9. The van der Waals surface area contributed by atoms with Crippen molar-refractivity contribution in [3.8, 4) is 5.75 Å². The zero-order valence-electron chi connectivity index (χ0n) is 13.5. The molecule has 0 radical (unpaired) electrons. The molecule has 1 N–H and O–H groups in total. The number of benzene rings is 1. The monoisotopic (exact) mass is 404 g/mol. The lowest BCUT2D eigenvalue weighted by atomic mass is 9.98. The second-order valence-corrected chi connectivity index (χ2v) is 6.22. The molecular weight excluding hydrogens is 383 g/mol. The zero-order valence-corrected chi connectivity index (χ0v) is 15.2. The first kappa shape index (κ1) is 22.3. The lowest BCUT2D eigenvalue weighted by molar-refractivity contribution is -0.275. The summed E-state index contributed by atoms with van der Waals surface area (Å²) in [5, 5.41) is 3.28. The first-order valence-electron chi connectivity index (χ1n) is 7.92. The standard InChI is InChI=1S/C16H20F4N2O.2ClH/c17-13-10-12(3-4-15(13)23-16(18,19)20)14(9-11-1-2-11)22-7-5-21-6-8-22;;/h3-4,10-11,14,21H,1-2,5-9H2;2*1H/t14-;;/m1../s1. The van der Waals surface area contributed by atoms with Crippen molar-refractivity contribution >= 4 is 24.8 Å². The van der Waals surface area contributed by atoms with Crippen LogP contribution in [0, 0.1) is 11.7 Å². The van der Waals surface area contributed by atoms with Crippen LogP contribution in [0.3, 0.4) is 0 Å². The maximum absolute atomic E-state index is 14.0. The fourth-order valence-electron chi connectivity index (χ4n) is 3.09. The molecule has 2 aliphatic rings. The second-order valence-electron chi connectivity index (χ2n) is 6.22. The maximum Gasteiger partial charge on any atom is 0.573 e. The van der Waals surface area contributed by atoms with Gasteiger partial charge in [0.05, 0.1) is 0 Å². The number of hydrogen-bond acceptors (Lipinski definition) is 3. The second kappa shape index (κ2) is 9.26. The van der Waals surface area contributed by atoms with Crippen molar-refractivity contribution in [3.63, 3.8) is 0 Å². The number of ether oxygens (including phenoxy) is 1. The number of hydrogen-bond donors (Lipinski definition) is 1. The van der Waals surface area contributed by atoms with E-state index in [9.17, 15) is 17.6 Å². The van der Waals surface area contributed by atoms with Gasteiger partial charge in [-0.1, -0.05) is 18.9 Å². The lowest BCUT2D eigenvalue weighted by Crippen LogP contribution is -2.45. The van der Waals surface area contributed by atoms with Crippen molar-refractivity contribution in [3.05, 3.63) is 29.6 Å². The Morgan fingerprint density at radius 3 is 2.32 bits per heavy atom. The molecule has 1 aliphatic heterocycles. The van der Waals surface area contributed by atoms with E-state index in [2.05, 4.69) is 15.0 Å². The number of rotatable bonds is 5. The maximum atomic E-state index is 14.0. The molecule has 1 saturated carbocycles. The van der Waals surface area contributed by atoms with Crippen molar-refractivity contribution in [2.45, 2.75) is 31.7 Å². The van der Waals surface area contributed by atoms with E-state index in [4.69, 9.17) is 0 Å². The Balaban J connectivity index is 0.00000156. The molecule has 1 heterocycles. The van der Waals surface area contributed by atoms with E-state index in [1.54, 1.807) is 6.07 Å². The van der Waals surface area contributed by atoms with Crippen LogP contribution in [0.15, 0.2) is 18.2 Å². The Hall–Kier alpha value is -0.760. The van der Waals surface area contributed by atoms with Crippen LogP contribution in [0.4, 0.5) is 17.6 Å². The number of alkyl halides is 3. The quantitative estimate of drug-likeness (QED) is 0.739. The summed E-state index contributed by atoms with van der Waals surface area (Å²) in [5.41, 5.74) is 0.728. The van der Waals surface area contributed by atoms with E-state index in [1.807, 2.05) is 0 Å². The minimum Gasteiger partial charge on any atom is -0.403 e. The minimum atomic E-state index is -4.88. The van der Waals surface area contributed by atoms with Gasteiger partial charge in [0.25, 0.3) is 0 Å². The summed E-state index contributed by atoms with van der Waals surface area (Å²) in [6.45, 7) is 3.47. The van der Waals surface area contributed by atoms with Crippen LogP contribution in [-0.4, -0.2) is 37.4 Å². The average molecular weight is 405 g/mol. The highest BCUT2D eigenvalue weighted by molar-refractivity contribution is 5.85. The van der Waals surface area contributed by atoms with Crippen LogP contribution in [0.1, 0.15) is 30.9 Å². The zero-order chi connectivity index (χ0) is 16.4. The van der Waals surface area contributed by atoms with Gasteiger partial charge in [-0.3, -0.25) is 4.90 Å². The predicted octanol–water partition coefficient (Wildman–Crippen LogP) is 4.31. The molecule has 3 nitrogen and oxygen atoms in total. The predicted molar refractivity (Wildman–Crippen MR) is 92.1 cm³/mol. The molecule has 0 aromatic heterocycles. The van der Waals surface area contributed by atoms with Crippen LogP contribution in [0.25, 0.3) is 0 Å². The third kappa shape index (κ3) is 6.47. The largest absolute Gasteiger partial charge is 0.573 e. The summed E-state index contributed by atoms with van der Waals surface area (Å²) in [6.07, 6.45) is -1.59. The highest BCUT2D eigenvalue weighted by atomic mass is 35.5. The fraction of sp³-hybridized carbons (Fsp3) is 0.625. The van der Waals surface area contributed by atoms with Crippen LogP contribution >= 0.6 is 24.8 Å². The van der Waals surface area contributed by atoms with E-state index < -0.39 is 17.9 Å². The smallest absolute Gasteiger partial charge is 0.403 e. The van der Waals surface area contributed by atoms with Gasteiger partial charge in [0.2, 0.25) is 0 Å². The van der Waals surface area contributed by atoms with Gasteiger partial charge in [-0.15, -0.1) is 38.0 Å². The average Bonchev–Trinajstić information content (AvgIpc) is 3.31. The SMILES string of the molecule is Cl.Cl.Fc1cc([C@@H](CC2CC2)N2CCNCC2)ccc1OC(F)(F)F. The number of nitrogens with one attached hydrogen (secondary N) is 1. The summed E-state index contributed by atoms with van der Waals surface area (Å²) < 4.78 is 54.5. The first-order valence-corrected chi connectivity index (χ1v) is 7.92. The van der Waals surface area contributed by atoms with Gasteiger partial charge in [-0.25, -0.2) is 4.39 Å². The molecule has 0 spiro atoms. The van der Waals surface area contributed by atoms with Gasteiger partial charge < -0.3 is 10.1 Å². The van der Waals surface area contributed by atoms with Crippen molar-refractivity contribution in [2.75, 3.05) is 26.2 Å². The molecule has 0 unspecified atom stereocenters. The van der Waals surface area contributed by atoms with Crippen LogP contribution in [0.2, 0.25) is 0 Å². The minimum absolute atomic E-state index is 0. The van der Waals surface area contributed by atoms with Crippen LogP contribution in [0.5, 0.6) is 5.75 Å². The molecule has 0 amide bonds. The van der Waals surface area contributed by atoms with Gasteiger partial charge in [-0.2, -0.15) is 0 Å². The molecule has 0 bridgehead atoms. The fourth-order valence-corrected chi connectivity index (χ4v) is 3.09. The summed E-state index contributed by atoms with van der Waals surface area (Å²) in [6, 6.07) is 3.88.